The lowest BCUT2D eigenvalue weighted by Crippen LogP contribution is -2.11. The molecule has 0 aliphatic carbocycles. The first-order chi connectivity index (χ1) is 6.89. The van der Waals surface area contributed by atoms with Crippen molar-refractivity contribution in [2.24, 2.45) is 5.73 Å². The fourth-order valence-electron chi connectivity index (χ4n) is 1.18. The van der Waals surface area contributed by atoms with Crippen LogP contribution in [0, 0.1) is 5.41 Å². The van der Waals surface area contributed by atoms with Gasteiger partial charge in [-0.15, -0.1) is 12.4 Å². The molecular weight excluding hydrogens is 241 g/mol. The van der Waals surface area contributed by atoms with E-state index >= 15 is 0 Å². The summed E-state index contributed by atoms with van der Waals surface area (Å²) in [5.74, 6) is -0.0209. The highest BCUT2D eigenvalue weighted by Gasteiger charge is 2.30. The lowest BCUT2D eigenvalue weighted by Gasteiger charge is -2.08. The molecule has 0 amide bonds. The molecule has 2 nitrogen and oxygen atoms in total. The summed E-state index contributed by atoms with van der Waals surface area (Å²) in [5, 5.41) is 6.98. The number of halogens is 4. The van der Waals surface area contributed by atoms with Gasteiger partial charge in [0.2, 0.25) is 0 Å². The van der Waals surface area contributed by atoms with Gasteiger partial charge in [-0.1, -0.05) is 18.2 Å². The summed E-state index contributed by atoms with van der Waals surface area (Å²) < 4.78 is 36.9. The standard InChI is InChI=1S/C10H11F3N2.ClH/c11-10(12,13)8-3-1-2-7(6-8)4-5-9(14)15;/h1-3,6H,4-5H2,(H3,14,15);1H. The number of hydrogen-bond donors (Lipinski definition) is 2. The van der Waals surface area contributed by atoms with Crippen LogP contribution in [-0.4, -0.2) is 5.84 Å². The van der Waals surface area contributed by atoms with Crippen LogP contribution in [0.5, 0.6) is 0 Å². The van der Waals surface area contributed by atoms with E-state index < -0.39 is 11.7 Å². The summed E-state index contributed by atoms with van der Waals surface area (Å²) in [6.07, 6.45) is -3.67. The predicted octanol–water partition coefficient (Wildman–Crippen LogP) is 3.00. The number of nitrogens with two attached hydrogens (primary N) is 1. The van der Waals surface area contributed by atoms with Crippen LogP contribution >= 0.6 is 12.4 Å². The van der Waals surface area contributed by atoms with Crippen LogP contribution in [0.3, 0.4) is 0 Å². The molecule has 0 heterocycles. The van der Waals surface area contributed by atoms with E-state index in [9.17, 15) is 13.2 Å². The first-order valence-electron chi connectivity index (χ1n) is 4.38. The monoisotopic (exact) mass is 252 g/mol. The van der Waals surface area contributed by atoms with E-state index in [4.69, 9.17) is 11.1 Å². The molecule has 0 saturated carbocycles. The van der Waals surface area contributed by atoms with Crippen molar-refractivity contribution in [2.75, 3.05) is 0 Å². The highest BCUT2D eigenvalue weighted by atomic mass is 35.5. The minimum Gasteiger partial charge on any atom is -0.388 e. The van der Waals surface area contributed by atoms with E-state index in [-0.39, 0.29) is 24.7 Å². The van der Waals surface area contributed by atoms with Crippen LogP contribution in [0.25, 0.3) is 0 Å². The average molecular weight is 253 g/mol. The number of nitrogens with one attached hydrogen (secondary N) is 1. The van der Waals surface area contributed by atoms with Gasteiger partial charge in [-0.25, -0.2) is 0 Å². The molecule has 0 radical (unpaired) electrons. The van der Waals surface area contributed by atoms with E-state index in [0.29, 0.717) is 12.0 Å². The lowest BCUT2D eigenvalue weighted by molar-refractivity contribution is -0.137. The number of amidine groups is 1. The molecule has 0 spiro atoms. The molecule has 16 heavy (non-hydrogen) atoms. The van der Waals surface area contributed by atoms with Gasteiger partial charge in [-0.2, -0.15) is 13.2 Å². The van der Waals surface area contributed by atoms with E-state index in [1.807, 2.05) is 0 Å². The molecule has 0 aromatic heterocycles. The van der Waals surface area contributed by atoms with Gasteiger partial charge in [-0.05, 0) is 18.1 Å². The van der Waals surface area contributed by atoms with Gasteiger partial charge in [-0.3, -0.25) is 5.41 Å². The molecule has 0 aliphatic rings. The second kappa shape index (κ2) is 5.75. The molecule has 0 aliphatic heterocycles. The van der Waals surface area contributed by atoms with Crippen LogP contribution < -0.4 is 5.73 Å². The second-order valence-electron chi connectivity index (χ2n) is 3.22. The molecule has 0 atom stereocenters. The molecule has 0 unspecified atom stereocenters. The Kier molecular flexibility index (Phi) is 5.30. The van der Waals surface area contributed by atoms with Gasteiger partial charge >= 0.3 is 6.18 Å². The average Bonchev–Trinajstić information content (AvgIpc) is 2.14. The fourth-order valence-corrected chi connectivity index (χ4v) is 1.18. The zero-order chi connectivity index (χ0) is 11.5. The molecular formula is C10H12ClF3N2. The van der Waals surface area contributed by atoms with Crippen molar-refractivity contribution in [3.63, 3.8) is 0 Å². The normalized spacial score (nSPS) is 10.7. The first kappa shape index (κ1) is 14.8. The van der Waals surface area contributed by atoms with Crippen LogP contribution in [-0.2, 0) is 12.6 Å². The number of rotatable bonds is 3. The third-order valence-electron chi connectivity index (χ3n) is 1.94. The van der Waals surface area contributed by atoms with Gasteiger partial charge in [0.05, 0.1) is 11.4 Å². The van der Waals surface area contributed by atoms with E-state index in [0.717, 1.165) is 12.1 Å². The Bertz CT molecular complexity index is 363. The molecule has 0 bridgehead atoms. The third kappa shape index (κ3) is 4.53. The first-order valence-corrected chi connectivity index (χ1v) is 4.38. The Hall–Kier alpha value is -1.23. The van der Waals surface area contributed by atoms with Crippen molar-refractivity contribution >= 4 is 18.2 Å². The minimum absolute atomic E-state index is 0. The zero-order valence-corrected chi connectivity index (χ0v) is 9.16. The highest BCUT2D eigenvalue weighted by Crippen LogP contribution is 2.29. The van der Waals surface area contributed by atoms with Gasteiger partial charge in [0, 0.05) is 6.42 Å². The number of alkyl halides is 3. The smallest absolute Gasteiger partial charge is 0.388 e. The Labute approximate surface area is 97.6 Å². The van der Waals surface area contributed by atoms with Crippen molar-refractivity contribution in [2.45, 2.75) is 19.0 Å². The Morgan fingerprint density at radius 3 is 2.44 bits per heavy atom. The summed E-state index contributed by atoms with van der Waals surface area (Å²) >= 11 is 0. The maximum Gasteiger partial charge on any atom is 0.416 e. The summed E-state index contributed by atoms with van der Waals surface area (Å²) in [6, 6.07) is 5.07. The van der Waals surface area contributed by atoms with Gasteiger partial charge in [0.15, 0.2) is 0 Å². The van der Waals surface area contributed by atoms with Gasteiger partial charge < -0.3 is 5.73 Å². The maximum absolute atomic E-state index is 12.3. The molecule has 1 rings (SSSR count). The van der Waals surface area contributed by atoms with Gasteiger partial charge in [0.1, 0.15) is 0 Å². The molecule has 1 aromatic carbocycles. The summed E-state index contributed by atoms with van der Waals surface area (Å²) in [4.78, 5) is 0. The zero-order valence-electron chi connectivity index (χ0n) is 8.34. The second-order valence-corrected chi connectivity index (χ2v) is 3.22. The number of hydrogen-bond acceptors (Lipinski definition) is 1. The Morgan fingerprint density at radius 2 is 1.94 bits per heavy atom. The van der Waals surface area contributed by atoms with Crippen molar-refractivity contribution < 1.29 is 13.2 Å². The van der Waals surface area contributed by atoms with Crippen LogP contribution in [0.2, 0.25) is 0 Å². The largest absolute Gasteiger partial charge is 0.416 e. The molecule has 1 aromatic rings. The van der Waals surface area contributed by atoms with Crippen molar-refractivity contribution in [1.29, 1.82) is 5.41 Å². The van der Waals surface area contributed by atoms with E-state index in [1.165, 1.54) is 6.07 Å². The summed E-state index contributed by atoms with van der Waals surface area (Å²) in [6.45, 7) is 0. The van der Waals surface area contributed by atoms with Crippen molar-refractivity contribution in [3.05, 3.63) is 35.4 Å². The third-order valence-corrected chi connectivity index (χ3v) is 1.94. The van der Waals surface area contributed by atoms with Gasteiger partial charge in [0.25, 0.3) is 0 Å². The number of aryl methyl sites for hydroxylation is 1. The molecule has 6 heteroatoms. The molecule has 0 fully saturated rings. The quantitative estimate of drug-likeness (QED) is 0.631. The summed E-state index contributed by atoms with van der Waals surface area (Å²) in [7, 11) is 0. The molecule has 90 valence electrons. The highest BCUT2D eigenvalue weighted by molar-refractivity contribution is 5.85. The molecule has 3 N–H and O–H groups in total. The van der Waals surface area contributed by atoms with Crippen LogP contribution in [0.4, 0.5) is 13.2 Å². The number of benzene rings is 1. The fraction of sp³-hybridized carbons (Fsp3) is 0.300. The van der Waals surface area contributed by atoms with E-state index in [1.54, 1.807) is 6.07 Å². The van der Waals surface area contributed by atoms with Crippen LogP contribution in [0.1, 0.15) is 17.5 Å². The van der Waals surface area contributed by atoms with Crippen molar-refractivity contribution in [1.82, 2.24) is 0 Å². The van der Waals surface area contributed by atoms with Crippen molar-refractivity contribution in [3.8, 4) is 0 Å². The SMILES string of the molecule is Cl.N=C(N)CCc1cccc(C(F)(F)F)c1. The Morgan fingerprint density at radius 1 is 1.31 bits per heavy atom. The topological polar surface area (TPSA) is 49.9 Å². The Balaban J connectivity index is 0.00000225. The predicted molar refractivity (Wildman–Crippen MR) is 58.9 cm³/mol. The summed E-state index contributed by atoms with van der Waals surface area (Å²) in [5.41, 5.74) is 5.00. The van der Waals surface area contributed by atoms with Crippen LogP contribution in [0.15, 0.2) is 24.3 Å². The minimum atomic E-state index is -4.31. The van der Waals surface area contributed by atoms with E-state index in [2.05, 4.69) is 0 Å². The maximum atomic E-state index is 12.3. The lowest BCUT2D eigenvalue weighted by atomic mass is 10.1. The molecule has 0 saturated heterocycles.